The van der Waals surface area contributed by atoms with E-state index in [1.165, 1.54) is 36.4 Å². The lowest BCUT2D eigenvalue weighted by atomic mass is 10.3. The molecule has 0 bridgehead atoms. The van der Waals surface area contributed by atoms with Crippen LogP contribution >= 0.6 is 0 Å². The van der Waals surface area contributed by atoms with Crippen molar-refractivity contribution in [2.24, 2.45) is 5.14 Å². The van der Waals surface area contributed by atoms with Crippen molar-refractivity contribution in [2.45, 2.75) is 16.2 Å². The molecule has 0 saturated carbocycles. The molecule has 2 aromatic carbocycles. The predicted octanol–water partition coefficient (Wildman–Crippen LogP) is 0.641. The highest BCUT2D eigenvalue weighted by atomic mass is 32.2. The summed E-state index contributed by atoms with van der Waals surface area (Å²) >= 11 is 0. The van der Waals surface area contributed by atoms with Gasteiger partial charge in [0.1, 0.15) is 0 Å². The Kier molecular flexibility index (Phi) is 5.90. The summed E-state index contributed by atoms with van der Waals surface area (Å²) in [6.07, 6.45) is -0.0804. The molecule has 0 aliphatic heterocycles. The molecule has 0 radical (unpaired) electrons. The van der Waals surface area contributed by atoms with Gasteiger partial charge in [-0.1, -0.05) is 18.2 Å². The van der Waals surface area contributed by atoms with Crippen LogP contribution in [-0.4, -0.2) is 29.3 Å². The average molecular weight is 383 g/mol. The van der Waals surface area contributed by atoms with Gasteiger partial charge < -0.3 is 5.32 Å². The number of hydrogen-bond donors (Lipinski definition) is 3. The Hall–Kier alpha value is -2.27. The van der Waals surface area contributed by atoms with E-state index in [-0.39, 0.29) is 22.8 Å². The molecular formula is C15H17N3O5S2. The number of carbonyl (C=O) groups is 1. The fourth-order valence-corrected chi connectivity index (χ4v) is 3.50. The molecule has 0 aliphatic rings. The van der Waals surface area contributed by atoms with E-state index in [1.807, 2.05) is 0 Å². The highest BCUT2D eigenvalue weighted by Crippen LogP contribution is 2.13. The van der Waals surface area contributed by atoms with E-state index in [0.29, 0.717) is 5.69 Å². The molecule has 0 aliphatic carbocycles. The monoisotopic (exact) mass is 383 g/mol. The van der Waals surface area contributed by atoms with Crippen molar-refractivity contribution < 1.29 is 21.6 Å². The first kappa shape index (κ1) is 19.1. The number of primary sulfonamides is 1. The highest BCUT2D eigenvalue weighted by molar-refractivity contribution is 7.89. The Labute approximate surface area is 146 Å². The number of anilines is 1. The normalized spacial score (nSPS) is 11.9. The Morgan fingerprint density at radius 2 is 1.48 bits per heavy atom. The van der Waals surface area contributed by atoms with Gasteiger partial charge in [-0.15, -0.1) is 0 Å². The van der Waals surface area contributed by atoms with Gasteiger partial charge in [-0.2, -0.15) is 0 Å². The topological polar surface area (TPSA) is 135 Å². The fraction of sp³-hybridized carbons (Fsp3) is 0.133. The lowest BCUT2D eigenvalue weighted by Gasteiger charge is -2.08. The Morgan fingerprint density at radius 3 is 2.04 bits per heavy atom. The zero-order valence-corrected chi connectivity index (χ0v) is 14.7. The average Bonchev–Trinajstić information content (AvgIpc) is 2.55. The van der Waals surface area contributed by atoms with Crippen molar-refractivity contribution in [3.63, 3.8) is 0 Å². The number of carbonyl (C=O) groups excluding carboxylic acids is 1. The van der Waals surface area contributed by atoms with Crippen LogP contribution in [0.1, 0.15) is 6.42 Å². The van der Waals surface area contributed by atoms with Crippen LogP contribution < -0.4 is 15.2 Å². The second-order valence-corrected chi connectivity index (χ2v) is 8.41. The van der Waals surface area contributed by atoms with Crippen LogP contribution in [0.2, 0.25) is 0 Å². The molecule has 0 aromatic heterocycles. The first-order valence-corrected chi connectivity index (χ1v) is 10.2. The maximum Gasteiger partial charge on any atom is 0.240 e. The summed E-state index contributed by atoms with van der Waals surface area (Å²) in [7, 11) is -7.46. The first-order chi connectivity index (χ1) is 11.7. The number of benzene rings is 2. The van der Waals surface area contributed by atoms with Crippen molar-refractivity contribution in [3.05, 3.63) is 54.6 Å². The summed E-state index contributed by atoms with van der Waals surface area (Å²) in [6, 6.07) is 13.1. The summed E-state index contributed by atoms with van der Waals surface area (Å²) in [5.74, 6) is -0.417. The third-order valence-corrected chi connectivity index (χ3v) is 5.57. The summed E-state index contributed by atoms with van der Waals surface area (Å²) in [5, 5.41) is 7.52. The number of sulfonamides is 2. The molecule has 134 valence electrons. The summed E-state index contributed by atoms with van der Waals surface area (Å²) in [6.45, 7) is -0.0711. The second-order valence-electron chi connectivity index (χ2n) is 5.08. The lowest BCUT2D eigenvalue weighted by molar-refractivity contribution is -0.116. The molecule has 4 N–H and O–H groups in total. The lowest BCUT2D eigenvalue weighted by Crippen LogP contribution is -2.27. The molecule has 0 heterocycles. The van der Waals surface area contributed by atoms with E-state index in [9.17, 15) is 21.6 Å². The van der Waals surface area contributed by atoms with E-state index in [1.54, 1.807) is 18.2 Å². The quantitative estimate of drug-likeness (QED) is 0.645. The van der Waals surface area contributed by atoms with Gasteiger partial charge in [0.05, 0.1) is 9.79 Å². The van der Waals surface area contributed by atoms with Crippen LogP contribution in [0, 0.1) is 0 Å². The minimum Gasteiger partial charge on any atom is -0.326 e. The predicted molar refractivity (Wildman–Crippen MR) is 92.7 cm³/mol. The maximum absolute atomic E-state index is 12.0. The number of nitrogens with two attached hydrogens (primary N) is 1. The number of amides is 1. The van der Waals surface area contributed by atoms with Crippen LogP contribution in [0.25, 0.3) is 0 Å². The molecule has 25 heavy (non-hydrogen) atoms. The van der Waals surface area contributed by atoms with Crippen LogP contribution in [0.3, 0.4) is 0 Å². The summed E-state index contributed by atoms with van der Waals surface area (Å²) < 4.78 is 48.6. The molecule has 10 heteroatoms. The van der Waals surface area contributed by atoms with Crippen molar-refractivity contribution in [2.75, 3.05) is 11.9 Å². The van der Waals surface area contributed by atoms with Gasteiger partial charge in [0, 0.05) is 18.7 Å². The third kappa shape index (κ3) is 5.64. The van der Waals surface area contributed by atoms with Gasteiger partial charge >= 0.3 is 0 Å². The van der Waals surface area contributed by atoms with Gasteiger partial charge in [0.25, 0.3) is 0 Å². The van der Waals surface area contributed by atoms with Gasteiger partial charge in [-0.05, 0) is 36.4 Å². The molecule has 2 aromatic rings. The molecule has 0 unspecified atom stereocenters. The molecule has 0 spiro atoms. The van der Waals surface area contributed by atoms with Crippen LogP contribution in [0.15, 0.2) is 64.4 Å². The number of rotatable bonds is 7. The maximum atomic E-state index is 12.0. The van der Waals surface area contributed by atoms with E-state index in [0.717, 1.165) is 0 Å². The number of hydrogen-bond acceptors (Lipinski definition) is 5. The minimum absolute atomic E-state index is 0.0684. The highest BCUT2D eigenvalue weighted by Gasteiger charge is 2.13. The zero-order valence-electron chi connectivity index (χ0n) is 13.0. The molecule has 1 amide bonds. The number of nitrogens with one attached hydrogen (secondary N) is 2. The summed E-state index contributed by atoms with van der Waals surface area (Å²) in [4.78, 5) is 11.9. The van der Waals surface area contributed by atoms with Crippen LogP contribution in [0.5, 0.6) is 0 Å². The minimum atomic E-state index is -3.79. The zero-order chi connectivity index (χ0) is 18.5. The second kappa shape index (κ2) is 7.74. The van der Waals surface area contributed by atoms with Crippen LogP contribution in [-0.2, 0) is 24.8 Å². The van der Waals surface area contributed by atoms with Crippen molar-refractivity contribution in [1.29, 1.82) is 0 Å². The van der Waals surface area contributed by atoms with Crippen molar-refractivity contribution in [3.8, 4) is 0 Å². The Bertz CT molecular complexity index is 940. The first-order valence-electron chi connectivity index (χ1n) is 7.16. The van der Waals surface area contributed by atoms with Crippen molar-refractivity contribution in [1.82, 2.24) is 4.72 Å². The molecule has 2 rings (SSSR count). The summed E-state index contributed by atoms with van der Waals surface area (Å²) in [5.41, 5.74) is 0.378. The molecule has 0 fully saturated rings. The Balaban J connectivity index is 1.87. The molecule has 0 atom stereocenters. The largest absolute Gasteiger partial charge is 0.326 e. The fourth-order valence-electron chi connectivity index (χ4n) is 1.93. The van der Waals surface area contributed by atoms with Crippen LogP contribution in [0.4, 0.5) is 5.69 Å². The molecular weight excluding hydrogens is 366 g/mol. The molecule has 0 saturated heterocycles. The van der Waals surface area contributed by atoms with Gasteiger partial charge in [0.2, 0.25) is 26.0 Å². The SMILES string of the molecule is NS(=O)(=O)c1ccc(NC(=O)CCNS(=O)(=O)c2ccccc2)cc1. The van der Waals surface area contributed by atoms with E-state index < -0.39 is 26.0 Å². The van der Waals surface area contributed by atoms with E-state index >= 15 is 0 Å². The van der Waals surface area contributed by atoms with Gasteiger partial charge in [-0.3, -0.25) is 4.79 Å². The molecule has 8 nitrogen and oxygen atoms in total. The van der Waals surface area contributed by atoms with Crippen molar-refractivity contribution >= 4 is 31.6 Å². The van der Waals surface area contributed by atoms with Gasteiger partial charge in [-0.25, -0.2) is 26.7 Å². The standard InChI is InChI=1S/C15H17N3O5S2/c16-24(20,21)13-8-6-12(7-9-13)18-15(19)10-11-17-25(22,23)14-4-2-1-3-5-14/h1-9,17H,10-11H2,(H,18,19)(H2,16,20,21). The third-order valence-electron chi connectivity index (χ3n) is 3.16. The van der Waals surface area contributed by atoms with E-state index in [2.05, 4.69) is 10.0 Å². The smallest absolute Gasteiger partial charge is 0.240 e. The van der Waals surface area contributed by atoms with E-state index in [4.69, 9.17) is 5.14 Å². The van der Waals surface area contributed by atoms with Gasteiger partial charge in [0.15, 0.2) is 0 Å². The Morgan fingerprint density at radius 1 is 0.880 bits per heavy atom.